The number of hydrogen-bond donors (Lipinski definition) is 2. The van der Waals surface area contributed by atoms with Gasteiger partial charge in [-0.3, -0.25) is 4.79 Å². The molecule has 0 amide bonds. The second-order valence-corrected chi connectivity index (χ2v) is 3.88. The smallest absolute Gasteiger partial charge is 0.403 e. The van der Waals surface area contributed by atoms with Crippen molar-refractivity contribution in [3.63, 3.8) is 0 Å². The molecule has 104 valence electrons. The molecule has 0 fully saturated rings. The van der Waals surface area contributed by atoms with Crippen molar-refractivity contribution in [1.82, 2.24) is 0 Å². The summed E-state index contributed by atoms with van der Waals surface area (Å²) >= 11 is 0. The zero-order valence-corrected chi connectivity index (χ0v) is 9.53. The van der Waals surface area contributed by atoms with Crippen LogP contribution in [0.5, 0.6) is 11.5 Å². The van der Waals surface area contributed by atoms with Crippen LogP contribution < -0.4 is 14.8 Å². The maximum absolute atomic E-state index is 12.4. The highest BCUT2D eigenvalue weighted by molar-refractivity contribution is 5.72. The van der Waals surface area contributed by atoms with Gasteiger partial charge >= 0.3 is 12.1 Å². The molecule has 0 aromatic heterocycles. The number of hydrogen-bond acceptors (Lipinski definition) is 4. The van der Waals surface area contributed by atoms with Crippen molar-refractivity contribution in [3.8, 4) is 11.5 Å². The average Bonchev–Trinajstić information content (AvgIpc) is 2.73. The van der Waals surface area contributed by atoms with Crippen molar-refractivity contribution in [2.24, 2.45) is 5.92 Å². The predicted molar refractivity (Wildman–Crippen MR) is 58.2 cm³/mol. The second kappa shape index (κ2) is 4.87. The number of halogens is 3. The summed E-state index contributed by atoms with van der Waals surface area (Å²) in [4.78, 5) is 10.5. The monoisotopic (exact) mass is 277 g/mol. The number of ether oxygens (including phenoxy) is 2. The number of alkyl halides is 3. The number of carbonyl (C=O) groups is 1. The van der Waals surface area contributed by atoms with Crippen LogP contribution in [-0.2, 0) is 4.79 Å². The molecule has 0 saturated heterocycles. The predicted octanol–water partition coefficient (Wildman–Crippen LogP) is 2.09. The van der Waals surface area contributed by atoms with Gasteiger partial charge in [0.15, 0.2) is 17.4 Å². The number of carboxylic acids is 1. The summed E-state index contributed by atoms with van der Waals surface area (Å²) in [6, 6.07) is 4.48. The van der Waals surface area contributed by atoms with Crippen LogP contribution in [0.4, 0.5) is 18.9 Å². The first-order chi connectivity index (χ1) is 8.88. The molecule has 0 saturated carbocycles. The molecule has 1 unspecified atom stereocenters. The zero-order chi connectivity index (χ0) is 14.0. The first-order valence-corrected chi connectivity index (χ1v) is 5.31. The van der Waals surface area contributed by atoms with Gasteiger partial charge in [-0.05, 0) is 12.1 Å². The third kappa shape index (κ3) is 3.01. The molecular formula is C11H10F3NO4. The Morgan fingerprint density at radius 3 is 2.68 bits per heavy atom. The van der Waals surface area contributed by atoms with E-state index in [4.69, 9.17) is 14.6 Å². The van der Waals surface area contributed by atoms with Gasteiger partial charge in [-0.15, -0.1) is 0 Å². The Bertz CT molecular complexity index is 489. The highest BCUT2D eigenvalue weighted by Gasteiger charge is 2.44. The third-order valence-corrected chi connectivity index (χ3v) is 2.58. The van der Waals surface area contributed by atoms with Crippen molar-refractivity contribution in [3.05, 3.63) is 18.2 Å². The van der Waals surface area contributed by atoms with Gasteiger partial charge in [0.2, 0.25) is 6.79 Å². The molecule has 1 aliphatic rings. The quantitative estimate of drug-likeness (QED) is 0.882. The van der Waals surface area contributed by atoms with Gasteiger partial charge in [-0.2, -0.15) is 13.2 Å². The van der Waals surface area contributed by atoms with Crippen LogP contribution in [0, 0.1) is 5.92 Å². The van der Waals surface area contributed by atoms with Crippen molar-refractivity contribution >= 4 is 11.7 Å². The van der Waals surface area contributed by atoms with E-state index < -0.39 is 24.6 Å². The van der Waals surface area contributed by atoms with Crippen molar-refractivity contribution in [2.45, 2.75) is 6.18 Å². The topological polar surface area (TPSA) is 67.8 Å². The minimum Gasteiger partial charge on any atom is -0.481 e. The lowest BCUT2D eigenvalue weighted by molar-refractivity contribution is -0.190. The lowest BCUT2D eigenvalue weighted by atomic mass is 10.1. The Labute approximate surface area is 105 Å². The van der Waals surface area contributed by atoms with E-state index in [-0.39, 0.29) is 6.79 Å². The Hall–Kier alpha value is -2.12. The Balaban J connectivity index is 2.03. The van der Waals surface area contributed by atoms with Gasteiger partial charge in [0.1, 0.15) is 0 Å². The number of rotatable bonds is 4. The van der Waals surface area contributed by atoms with Gasteiger partial charge in [0.05, 0.1) is 0 Å². The summed E-state index contributed by atoms with van der Waals surface area (Å²) in [5.74, 6) is -3.47. The molecule has 1 aromatic rings. The number of nitrogens with one attached hydrogen (secondary N) is 1. The summed E-state index contributed by atoms with van der Waals surface area (Å²) in [7, 11) is 0. The van der Waals surface area contributed by atoms with Crippen LogP contribution in [0.3, 0.4) is 0 Å². The highest BCUT2D eigenvalue weighted by Crippen LogP contribution is 2.34. The van der Waals surface area contributed by atoms with Crippen molar-refractivity contribution in [2.75, 3.05) is 18.7 Å². The van der Waals surface area contributed by atoms with Crippen LogP contribution in [0.25, 0.3) is 0 Å². The van der Waals surface area contributed by atoms with Crippen molar-refractivity contribution in [1.29, 1.82) is 0 Å². The highest BCUT2D eigenvalue weighted by atomic mass is 19.4. The number of benzene rings is 1. The molecule has 2 N–H and O–H groups in total. The van der Waals surface area contributed by atoms with Crippen LogP contribution in [0.2, 0.25) is 0 Å². The van der Waals surface area contributed by atoms with E-state index in [2.05, 4.69) is 5.32 Å². The molecule has 0 bridgehead atoms. The first-order valence-electron chi connectivity index (χ1n) is 5.31. The van der Waals surface area contributed by atoms with Gasteiger partial charge < -0.3 is 19.9 Å². The summed E-state index contributed by atoms with van der Waals surface area (Å²) < 4.78 is 47.4. The molecule has 1 heterocycles. The molecule has 2 rings (SSSR count). The SMILES string of the molecule is O=C(O)C(CNc1ccc2c(c1)OCO2)C(F)(F)F. The zero-order valence-electron chi connectivity index (χ0n) is 9.53. The maximum atomic E-state index is 12.4. The summed E-state index contributed by atoms with van der Waals surface area (Å²) in [5, 5.41) is 11.0. The van der Waals surface area contributed by atoms with E-state index in [1.54, 1.807) is 0 Å². The fourth-order valence-electron chi connectivity index (χ4n) is 1.57. The third-order valence-electron chi connectivity index (χ3n) is 2.58. The maximum Gasteiger partial charge on any atom is 0.403 e. The van der Waals surface area contributed by atoms with Crippen LogP contribution >= 0.6 is 0 Å². The Morgan fingerprint density at radius 1 is 1.37 bits per heavy atom. The van der Waals surface area contributed by atoms with Crippen LogP contribution in [0.1, 0.15) is 0 Å². The summed E-state index contributed by atoms with van der Waals surface area (Å²) in [5.41, 5.74) is 0.333. The molecule has 1 aliphatic heterocycles. The number of fused-ring (bicyclic) bond motifs is 1. The fraction of sp³-hybridized carbons (Fsp3) is 0.364. The minimum absolute atomic E-state index is 0.0547. The molecule has 0 aliphatic carbocycles. The molecule has 0 radical (unpaired) electrons. The largest absolute Gasteiger partial charge is 0.481 e. The molecule has 19 heavy (non-hydrogen) atoms. The molecule has 1 atom stereocenters. The van der Waals surface area contributed by atoms with Gasteiger partial charge in [-0.1, -0.05) is 0 Å². The molecule has 5 nitrogen and oxygen atoms in total. The van der Waals surface area contributed by atoms with E-state index in [0.717, 1.165) is 0 Å². The molecule has 1 aromatic carbocycles. The fourth-order valence-corrected chi connectivity index (χ4v) is 1.57. The molecule has 0 spiro atoms. The van der Waals surface area contributed by atoms with Crippen molar-refractivity contribution < 1.29 is 32.5 Å². The number of anilines is 1. The average molecular weight is 277 g/mol. The molecular weight excluding hydrogens is 267 g/mol. The van der Waals surface area contributed by atoms with E-state index in [1.807, 2.05) is 0 Å². The normalized spacial score (nSPS) is 15.1. The molecule has 8 heteroatoms. The standard InChI is InChI=1S/C11H10F3NO4/c12-11(13,14)7(10(16)17)4-15-6-1-2-8-9(3-6)19-5-18-8/h1-3,7,15H,4-5H2,(H,16,17). The Kier molecular flexibility index (Phi) is 3.41. The van der Waals surface area contributed by atoms with Crippen LogP contribution in [-0.4, -0.2) is 30.6 Å². The lowest BCUT2D eigenvalue weighted by Crippen LogP contribution is -2.36. The van der Waals surface area contributed by atoms with Gasteiger partial charge in [0.25, 0.3) is 0 Å². The number of carboxylic acid groups (broad SMARTS) is 1. The lowest BCUT2D eigenvalue weighted by Gasteiger charge is -2.17. The summed E-state index contributed by atoms with van der Waals surface area (Å²) in [6.45, 7) is -0.697. The second-order valence-electron chi connectivity index (χ2n) is 3.88. The van der Waals surface area contributed by atoms with E-state index in [1.165, 1.54) is 18.2 Å². The van der Waals surface area contributed by atoms with Crippen LogP contribution in [0.15, 0.2) is 18.2 Å². The minimum atomic E-state index is -4.80. The number of aliphatic carboxylic acids is 1. The Morgan fingerprint density at radius 2 is 2.05 bits per heavy atom. The van der Waals surface area contributed by atoms with Gasteiger partial charge in [-0.25, -0.2) is 0 Å². The van der Waals surface area contributed by atoms with E-state index in [0.29, 0.717) is 17.2 Å². The summed E-state index contributed by atoms with van der Waals surface area (Å²) in [6.07, 6.45) is -4.80. The van der Waals surface area contributed by atoms with Gasteiger partial charge in [0, 0.05) is 18.3 Å². The first kappa shape index (κ1) is 13.3. The van der Waals surface area contributed by atoms with E-state index in [9.17, 15) is 18.0 Å². The van der Waals surface area contributed by atoms with E-state index >= 15 is 0 Å².